The lowest BCUT2D eigenvalue weighted by Gasteiger charge is -2.34. The number of carbonyl (C=O) groups excluding carboxylic acids is 1. The van der Waals surface area contributed by atoms with Crippen LogP contribution in [0.4, 0.5) is 0 Å². The average molecular weight is 213 g/mol. The van der Waals surface area contributed by atoms with Crippen LogP contribution in [0.3, 0.4) is 0 Å². The third-order valence-electron chi connectivity index (χ3n) is 3.14. The molecule has 0 radical (unpaired) electrons. The molecule has 1 rings (SSSR count). The number of amides is 1. The topological polar surface area (TPSA) is 35.6 Å². The van der Waals surface area contributed by atoms with Crippen molar-refractivity contribution in [2.45, 2.75) is 13.3 Å². The summed E-state index contributed by atoms with van der Waals surface area (Å²) in [5.74, 6) is 0.734. The van der Waals surface area contributed by atoms with Gasteiger partial charge in [-0.15, -0.1) is 0 Å². The van der Waals surface area contributed by atoms with Crippen molar-refractivity contribution in [3.8, 4) is 0 Å². The van der Waals surface area contributed by atoms with Crippen LogP contribution in [-0.2, 0) is 4.79 Å². The molecular formula is C11H23N3O. The monoisotopic (exact) mass is 213 g/mol. The zero-order valence-electron chi connectivity index (χ0n) is 9.91. The molecule has 15 heavy (non-hydrogen) atoms. The van der Waals surface area contributed by atoms with Gasteiger partial charge in [-0.25, -0.2) is 0 Å². The largest absolute Gasteiger partial charge is 0.343 e. The van der Waals surface area contributed by atoms with Crippen LogP contribution >= 0.6 is 0 Å². The number of hydrogen-bond acceptors (Lipinski definition) is 3. The van der Waals surface area contributed by atoms with Gasteiger partial charge in [-0.2, -0.15) is 0 Å². The van der Waals surface area contributed by atoms with E-state index >= 15 is 0 Å². The minimum absolute atomic E-state index is 0.734. The Labute approximate surface area is 92.6 Å². The Kier molecular flexibility index (Phi) is 5.65. The molecule has 1 fully saturated rings. The smallest absolute Gasteiger partial charge is 0.209 e. The first-order chi connectivity index (χ1) is 7.30. The van der Waals surface area contributed by atoms with Gasteiger partial charge < -0.3 is 10.2 Å². The second-order valence-corrected chi connectivity index (χ2v) is 4.27. The molecule has 1 amide bonds. The highest BCUT2D eigenvalue weighted by molar-refractivity contribution is 5.47. The minimum atomic E-state index is 0.734. The zero-order chi connectivity index (χ0) is 11.1. The minimum Gasteiger partial charge on any atom is -0.343 e. The van der Waals surface area contributed by atoms with E-state index in [0.29, 0.717) is 0 Å². The Morgan fingerprint density at radius 1 is 1.33 bits per heavy atom. The summed E-state index contributed by atoms with van der Waals surface area (Å²) in [6.07, 6.45) is 2.18. The average Bonchev–Trinajstić information content (AvgIpc) is 2.29. The first-order valence-electron chi connectivity index (χ1n) is 5.86. The summed E-state index contributed by atoms with van der Waals surface area (Å²) in [5, 5.41) is 3.23. The van der Waals surface area contributed by atoms with Gasteiger partial charge in [0.15, 0.2) is 0 Å². The van der Waals surface area contributed by atoms with Gasteiger partial charge in [-0.05, 0) is 19.5 Å². The van der Waals surface area contributed by atoms with Crippen molar-refractivity contribution in [1.82, 2.24) is 15.1 Å². The predicted molar refractivity (Wildman–Crippen MR) is 61.8 cm³/mol. The third kappa shape index (κ3) is 4.18. The lowest BCUT2D eigenvalue weighted by atomic mass is 10.1. The molecule has 0 spiro atoms. The molecule has 4 nitrogen and oxygen atoms in total. The van der Waals surface area contributed by atoms with Gasteiger partial charge in [0.1, 0.15) is 0 Å². The van der Waals surface area contributed by atoms with Crippen molar-refractivity contribution >= 4 is 6.41 Å². The molecule has 4 heteroatoms. The molecule has 1 heterocycles. The van der Waals surface area contributed by atoms with Crippen molar-refractivity contribution in [3.63, 3.8) is 0 Å². The molecule has 1 atom stereocenters. The standard InChI is InChI=1S/C11H23N3O/c1-3-11(8-12-2)9-13-4-6-14(10-15)7-5-13/h10-12H,3-9H2,1-2H3. The van der Waals surface area contributed by atoms with Crippen LogP contribution in [0.2, 0.25) is 0 Å². The Hall–Kier alpha value is -0.610. The Balaban J connectivity index is 2.24. The van der Waals surface area contributed by atoms with Gasteiger partial charge >= 0.3 is 0 Å². The first kappa shape index (κ1) is 12.5. The quantitative estimate of drug-likeness (QED) is 0.631. The second kappa shape index (κ2) is 6.80. The molecule has 88 valence electrons. The summed E-state index contributed by atoms with van der Waals surface area (Å²) in [6, 6.07) is 0. The Morgan fingerprint density at radius 3 is 2.47 bits per heavy atom. The lowest BCUT2D eigenvalue weighted by molar-refractivity contribution is -0.119. The van der Waals surface area contributed by atoms with Gasteiger partial charge in [0.25, 0.3) is 0 Å². The number of nitrogens with zero attached hydrogens (tertiary/aromatic N) is 2. The molecule has 0 aromatic rings. The molecule has 0 aromatic carbocycles. The van der Waals surface area contributed by atoms with Gasteiger partial charge in [-0.3, -0.25) is 9.69 Å². The fraction of sp³-hybridized carbons (Fsp3) is 0.909. The van der Waals surface area contributed by atoms with E-state index < -0.39 is 0 Å². The van der Waals surface area contributed by atoms with E-state index in [9.17, 15) is 4.79 Å². The number of rotatable bonds is 6. The van der Waals surface area contributed by atoms with E-state index in [-0.39, 0.29) is 0 Å². The fourth-order valence-corrected chi connectivity index (χ4v) is 2.04. The highest BCUT2D eigenvalue weighted by Gasteiger charge is 2.17. The van der Waals surface area contributed by atoms with E-state index in [0.717, 1.165) is 51.6 Å². The van der Waals surface area contributed by atoms with Crippen molar-refractivity contribution in [3.05, 3.63) is 0 Å². The molecule has 1 N–H and O–H groups in total. The summed E-state index contributed by atoms with van der Waals surface area (Å²) in [6.45, 7) is 8.31. The zero-order valence-corrected chi connectivity index (χ0v) is 9.91. The van der Waals surface area contributed by atoms with Crippen molar-refractivity contribution in [2.75, 3.05) is 46.3 Å². The fourth-order valence-electron chi connectivity index (χ4n) is 2.04. The van der Waals surface area contributed by atoms with Crippen LogP contribution in [0.1, 0.15) is 13.3 Å². The third-order valence-corrected chi connectivity index (χ3v) is 3.14. The summed E-state index contributed by atoms with van der Waals surface area (Å²) in [5.41, 5.74) is 0. The molecule has 0 aliphatic carbocycles. The Morgan fingerprint density at radius 2 is 2.00 bits per heavy atom. The van der Waals surface area contributed by atoms with Crippen LogP contribution in [0.25, 0.3) is 0 Å². The maximum absolute atomic E-state index is 10.5. The highest BCUT2D eigenvalue weighted by atomic mass is 16.1. The van der Waals surface area contributed by atoms with E-state index in [1.807, 2.05) is 11.9 Å². The van der Waals surface area contributed by atoms with E-state index in [4.69, 9.17) is 0 Å². The predicted octanol–water partition coefficient (Wildman–Crippen LogP) is 0.00600. The maximum atomic E-state index is 10.5. The summed E-state index contributed by atoms with van der Waals surface area (Å²) in [4.78, 5) is 14.9. The SMILES string of the molecule is CCC(CNC)CN1CCN(C=O)CC1. The molecule has 1 unspecified atom stereocenters. The van der Waals surface area contributed by atoms with Crippen LogP contribution in [-0.4, -0.2) is 62.5 Å². The van der Waals surface area contributed by atoms with Crippen LogP contribution in [0.5, 0.6) is 0 Å². The van der Waals surface area contributed by atoms with Crippen molar-refractivity contribution in [2.24, 2.45) is 5.92 Å². The summed E-state index contributed by atoms with van der Waals surface area (Å²) >= 11 is 0. The van der Waals surface area contributed by atoms with Crippen LogP contribution in [0, 0.1) is 5.92 Å². The molecular weight excluding hydrogens is 190 g/mol. The van der Waals surface area contributed by atoms with Gasteiger partial charge in [0, 0.05) is 32.7 Å². The Bertz CT molecular complexity index is 179. The molecule has 1 saturated heterocycles. The van der Waals surface area contributed by atoms with E-state index in [1.165, 1.54) is 6.42 Å². The number of hydrogen-bond donors (Lipinski definition) is 1. The second-order valence-electron chi connectivity index (χ2n) is 4.27. The van der Waals surface area contributed by atoms with Gasteiger partial charge in [0.2, 0.25) is 6.41 Å². The number of nitrogens with one attached hydrogen (secondary N) is 1. The van der Waals surface area contributed by atoms with E-state index in [2.05, 4.69) is 17.1 Å². The molecule has 0 aromatic heterocycles. The molecule has 0 bridgehead atoms. The van der Waals surface area contributed by atoms with Crippen LogP contribution in [0.15, 0.2) is 0 Å². The molecule has 1 aliphatic rings. The normalized spacial score (nSPS) is 20.3. The number of carbonyl (C=O) groups is 1. The lowest BCUT2D eigenvalue weighted by Crippen LogP contribution is -2.47. The maximum Gasteiger partial charge on any atom is 0.209 e. The van der Waals surface area contributed by atoms with Crippen LogP contribution < -0.4 is 5.32 Å². The first-order valence-corrected chi connectivity index (χ1v) is 5.86. The molecule has 1 aliphatic heterocycles. The van der Waals surface area contributed by atoms with Crippen molar-refractivity contribution < 1.29 is 4.79 Å². The van der Waals surface area contributed by atoms with Gasteiger partial charge in [0.05, 0.1) is 0 Å². The van der Waals surface area contributed by atoms with Gasteiger partial charge in [-0.1, -0.05) is 13.3 Å². The highest BCUT2D eigenvalue weighted by Crippen LogP contribution is 2.07. The van der Waals surface area contributed by atoms with Crippen molar-refractivity contribution in [1.29, 1.82) is 0 Å². The summed E-state index contributed by atoms with van der Waals surface area (Å²) < 4.78 is 0. The molecule has 0 saturated carbocycles. The number of piperazine rings is 1. The summed E-state index contributed by atoms with van der Waals surface area (Å²) in [7, 11) is 2.01. The van der Waals surface area contributed by atoms with E-state index in [1.54, 1.807) is 0 Å².